The number of halogens is 1. The fraction of sp³-hybridized carbons (Fsp3) is 0.421. The van der Waals surface area contributed by atoms with Gasteiger partial charge in [0.1, 0.15) is 18.2 Å². The molecule has 0 aliphatic carbocycles. The summed E-state index contributed by atoms with van der Waals surface area (Å²) in [4.78, 5) is 6.73. The van der Waals surface area contributed by atoms with Crippen molar-refractivity contribution >= 4 is 11.5 Å². The number of benzene rings is 1. The summed E-state index contributed by atoms with van der Waals surface area (Å²) < 4.78 is 24.8. The van der Waals surface area contributed by atoms with Crippen molar-refractivity contribution in [1.82, 2.24) is 4.98 Å². The first-order valence-electron chi connectivity index (χ1n) is 8.65. The smallest absolute Gasteiger partial charge is 0.215 e. The SMILES string of the molecule is Cc1cc(F)c(N)cc1-c1cc(OCCO)nc(N2CCOC[C@H]2C)c1. The lowest BCUT2D eigenvalue weighted by Gasteiger charge is -2.34. The zero-order valence-corrected chi connectivity index (χ0v) is 15.0. The molecule has 1 aliphatic rings. The molecule has 1 saturated heterocycles. The van der Waals surface area contributed by atoms with Crippen LogP contribution in [0, 0.1) is 12.7 Å². The van der Waals surface area contributed by atoms with Gasteiger partial charge in [0.2, 0.25) is 5.88 Å². The van der Waals surface area contributed by atoms with E-state index in [1.54, 1.807) is 12.1 Å². The highest BCUT2D eigenvalue weighted by Crippen LogP contribution is 2.33. The van der Waals surface area contributed by atoms with Gasteiger partial charge in [-0.2, -0.15) is 4.98 Å². The number of aliphatic hydroxyl groups is 1. The predicted octanol–water partition coefficient (Wildman–Crippen LogP) is 2.37. The Labute approximate surface area is 152 Å². The largest absolute Gasteiger partial charge is 0.475 e. The van der Waals surface area contributed by atoms with E-state index in [1.807, 2.05) is 13.0 Å². The van der Waals surface area contributed by atoms with Crippen molar-refractivity contribution in [2.75, 3.05) is 43.6 Å². The number of morpholine rings is 1. The fourth-order valence-electron chi connectivity index (χ4n) is 3.09. The lowest BCUT2D eigenvalue weighted by atomic mass is 10.00. The van der Waals surface area contributed by atoms with Crippen LogP contribution in [-0.2, 0) is 4.74 Å². The van der Waals surface area contributed by atoms with Crippen LogP contribution in [0.15, 0.2) is 24.3 Å². The molecule has 7 heteroatoms. The fourth-order valence-corrected chi connectivity index (χ4v) is 3.09. The van der Waals surface area contributed by atoms with Gasteiger partial charge in [-0.1, -0.05) is 0 Å². The summed E-state index contributed by atoms with van der Waals surface area (Å²) in [6, 6.07) is 6.97. The van der Waals surface area contributed by atoms with Gasteiger partial charge in [0.05, 0.1) is 31.5 Å². The van der Waals surface area contributed by atoms with Crippen LogP contribution in [0.2, 0.25) is 0 Å². The molecule has 2 heterocycles. The van der Waals surface area contributed by atoms with Crippen molar-refractivity contribution in [3.8, 4) is 17.0 Å². The number of hydrogen-bond donors (Lipinski definition) is 2. The van der Waals surface area contributed by atoms with Crippen LogP contribution in [0.1, 0.15) is 12.5 Å². The highest BCUT2D eigenvalue weighted by molar-refractivity contribution is 5.74. The number of nitrogen functional groups attached to an aromatic ring is 1. The Bertz CT molecular complexity index is 785. The second-order valence-corrected chi connectivity index (χ2v) is 6.43. The van der Waals surface area contributed by atoms with Crippen LogP contribution in [0.4, 0.5) is 15.9 Å². The van der Waals surface area contributed by atoms with E-state index in [2.05, 4.69) is 16.8 Å². The third kappa shape index (κ3) is 3.89. The van der Waals surface area contributed by atoms with Gasteiger partial charge >= 0.3 is 0 Å². The van der Waals surface area contributed by atoms with E-state index >= 15 is 0 Å². The number of aromatic nitrogens is 1. The Kier molecular flexibility index (Phi) is 5.58. The average Bonchev–Trinajstić information content (AvgIpc) is 2.63. The third-order valence-corrected chi connectivity index (χ3v) is 4.45. The summed E-state index contributed by atoms with van der Waals surface area (Å²) in [6.45, 7) is 5.94. The Morgan fingerprint density at radius 1 is 1.38 bits per heavy atom. The quantitative estimate of drug-likeness (QED) is 0.796. The molecule has 6 nitrogen and oxygen atoms in total. The molecule has 3 rings (SSSR count). The maximum atomic E-state index is 13.7. The maximum absolute atomic E-state index is 13.7. The lowest BCUT2D eigenvalue weighted by molar-refractivity contribution is 0.0984. The van der Waals surface area contributed by atoms with Crippen LogP contribution < -0.4 is 15.4 Å². The molecule has 1 aromatic carbocycles. The van der Waals surface area contributed by atoms with E-state index in [1.165, 1.54) is 6.07 Å². The van der Waals surface area contributed by atoms with E-state index in [0.29, 0.717) is 19.1 Å². The molecule has 0 bridgehead atoms. The monoisotopic (exact) mass is 361 g/mol. The van der Waals surface area contributed by atoms with E-state index in [9.17, 15) is 4.39 Å². The summed E-state index contributed by atoms with van der Waals surface area (Å²) in [5.41, 5.74) is 8.30. The van der Waals surface area contributed by atoms with Gasteiger partial charge in [-0.3, -0.25) is 0 Å². The van der Waals surface area contributed by atoms with Crippen molar-refractivity contribution in [3.63, 3.8) is 0 Å². The number of nitrogens with two attached hydrogens (primary N) is 1. The number of aliphatic hydroxyl groups excluding tert-OH is 1. The number of anilines is 2. The van der Waals surface area contributed by atoms with Crippen molar-refractivity contribution < 1.29 is 19.0 Å². The van der Waals surface area contributed by atoms with Gasteiger partial charge in [0.25, 0.3) is 0 Å². The number of ether oxygens (including phenoxy) is 2. The molecule has 0 radical (unpaired) electrons. The minimum absolute atomic E-state index is 0.0986. The van der Waals surface area contributed by atoms with Gasteiger partial charge in [-0.15, -0.1) is 0 Å². The number of nitrogens with zero attached hydrogens (tertiary/aromatic N) is 2. The van der Waals surface area contributed by atoms with E-state index in [4.69, 9.17) is 20.3 Å². The summed E-state index contributed by atoms with van der Waals surface area (Å²) >= 11 is 0. The molecule has 2 aromatic rings. The molecule has 0 spiro atoms. The zero-order chi connectivity index (χ0) is 18.7. The van der Waals surface area contributed by atoms with Gasteiger partial charge in [0, 0.05) is 12.6 Å². The normalized spacial score (nSPS) is 17.4. The summed E-state index contributed by atoms with van der Waals surface area (Å²) in [7, 11) is 0. The molecule has 3 N–H and O–H groups in total. The first-order valence-corrected chi connectivity index (χ1v) is 8.65. The van der Waals surface area contributed by atoms with E-state index in [0.717, 1.165) is 29.1 Å². The highest BCUT2D eigenvalue weighted by Gasteiger charge is 2.22. The molecule has 1 aliphatic heterocycles. The third-order valence-electron chi connectivity index (χ3n) is 4.45. The number of aryl methyl sites for hydroxylation is 1. The Morgan fingerprint density at radius 2 is 2.19 bits per heavy atom. The molecule has 0 unspecified atom stereocenters. The predicted molar refractivity (Wildman–Crippen MR) is 99.0 cm³/mol. The minimum atomic E-state index is -0.431. The van der Waals surface area contributed by atoms with Gasteiger partial charge < -0.3 is 25.2 Å². The van der Waals surface area contributed by atoms with Crippen molar-refractivity contribution in [2.24, 2.45) is 0 Å². The molecule has 0 amide bonds. The van der Waals surface area contributed by atoms with Crippen molar-refractivity contribution in [2.45, 2.75) is 19.9 Å². The van der Waals surface area contributed by atoms with Gasteiger partial charge in [-0.25, -0.2) is 4.39 Å². The summed E-state index contributed by atoms with van der Waals surface area (Å²) in [6.07, 6.45) is 0. The minimum Gasteiger partial charge on any atom is -0.475 e. The first kappa shape index (κ1) is 18.4. The van der Waals surface area contributed by atoms with Crippen molar-refractivity contribution in [3.05, 3.63) is 35.6 Å². The zero-order valence-electron chi connectivity index (χ0n) is 15.0. The molecule has 1 atom stereocenters. The molecule has 1 aromatic heterocycles. The Balaban J connectivity index is 2.06. The molecule has 26 heavy (non-hydrogen) atoms. The molecule has 0 saturated carbocycles. The second-order valence-electron chi connectivity index (χ2n) is 6.43. The average molecular weight is 361 g/mol. The topological polar surface area (TPSA) is 80.8 Å². The molecular formula is C19H24FN3O3. The van der Waals surface area contributed by atoms with E-state index in [-0.39, 0.29) is 24.9 Å². The number of hydrogen-bond acceptors (Lipinski definition) is 6. The second kappa shape index (κ2) is 7.88. The van der Waals surface area contributed by atoms with Crippen molar-refractivity contribution in [1.29, 1.82) is 0 Å². The van der Waals surface area contributed by atoms with Gasteiger partial charge in [0.15, 0.2) is 0 Å². The van der Waals surface area contributed by atoms with Gasteiger partial charge in [-0.05, 0) is 48.7 Å². The number of pyridine rings is 1. The molecular weight excluding hydrogens is 337 g/mol. The van der Waals surface area contributed by atoms with Crippen LogP contribution >= 0.6 is 0 Å². The molecule has 140 valence electrons. The first-order chi connectivity index (χ1) is 12.5. The summed E-state index contributed by atoms with van der Waals surface area (Å²) in [5, 5.41) is 9.05. The van der Waals surface area contributed by atoms with E-state index < -0.39 is 5.82 Å². The Hall–Kier alpha value is -2.38. The lowest BCUT2D eigenvalue weighted by Crippen LogP contribution is -2.44. The van der Waals surface area contributed by atoms with Crippen LogP contribution in [0.5, 0.6) is 5.88 Å². The highest BCUT2D eigenvalue weighted by atomic mass is 19.1. The standard InChI is InChI=1S/C19H24FN3O3/c1-12-7-16(20)17(21)10-15(12)14-8-18(22-19(9-14)26-6-4-24)23-3-5-25-11-13(23)2/h7-10,13,24H,3-6,11,21H2,1-2H3/t13-/m1/s1. The summed E-state index contributed by atoms with van der Waals surface area (Å²) in [5.74, 6) is 0.736. The number of rotatable bonds is 5. The molecule has 1 fully saturated rings. The maximum Gasteiger partial charge on any atom is 0.215 e. The Morgan fingerprint density at radius 3 is 2.92 bits per heavy atom. The van der Waals surface area contributed by atoms with Crippen LogP contribution in [-0.4, -0.2) is 49.1 Å². The van der Waals surface area contributed by atoms with Crippen LogP contribution in [0.3, 0.4) is 0 Å². The van der Waals surface area contributed by atoms with Crippen LogP contribution in [0.25, 0.3) is 11.1 Å².